The first kappa shape index (κ1) is 15.8. The van der Waals surface area contributed by atoms with E-state index in [-0.39, 0.29) is 5.92 Å². The van der Waals surface area contributed by atoms with E-state index in [0.717, 1.165) is 29.0 Å². The number of hydrogen-bond acceptors (Lipinski definition) is 2. The highest BCUT2D eigenvalue weighted by Gasteiger charge is 2.17. The van der Waals surface area contributed by atoms with Crippen molar-refractivity contribution in [3.05, 3.63) is 58.4 Å². The van der Waals surface area contributed by atoms with Crippen LogP contribution >= 0.6 is 11.6 Å². The SMILES string of the molecule is COc1c(C)cnc(CC(CCl)c2ccccc2C)c1C. The lowest BCUT2D eigenvalue weighted by molar-refractivity contribution is 0.406. The number of rotatable bonds is 5. The number of pyridine rings is 1. The Hall–Kier alpha value is -1.54. The highest BCUT2D eigenvalue weighted by molar-refractivity contribution is 6.18. The van der Waals surface area contributed by atoms with Crippen LogP contribution in [0.15, 0.2) is 30.5 Å². The molecular formula is C18H22ClNO. The third kappa shape index (κ3) is 3.38. The molecule has 112 valence electrons. The highest BCUT2D eigenvalue weighted by Crippen LogP contribution is 2.29. The number of alkyl halides is 1. The highest BCUT2D eigenvalue weighted by atomic mass is 35.5. The zero-order valence-corrected chi connectivity index (χ0v) is 13.9. The smallest absolute Gasteiger partial charge is 0.128 e. The molecule has 0 saturated carbocycles. The van der Waals surface area contributed by atoms with Crippen molar-refractivity contribution in [3.63, 3.8) is 0 Å². The molecule has 1 atom stereocenters. The number of ether oxygens (including phenoxy) is 1. The molecule has 0 bridgehead atoms. The summed E-state index contributed by atoms with van der Waals surface area (Å²) in [5, 5.41) is 0. The monoisotopic (exact) mass is 303 g/mol. The molecule has 0 spiro atoms. The van der Waals surface area contributed by atoms with Gasteiger partial charge in [-0.2, -0.15) is 0 Å². The van der Waals surface area contributed by atoms with E-state index in [1.54, 1.807) is 7.11 Å². The fourth-order valence-electron chi connectivity index (χ4n) is 2.80. The fraction of sp³-hybridized carbons (Fsp3) is 0.389. The van der Waals surface area contributed by atoms with Gasteiger partial charge in [0.2, 0.25) is 0 Å². The van der Waals surface area contributed by atoms with Crippen LogP contribution in [0, 0.1) is 20.8 Å². The number of aromatic nitrogens is 1. The van der Waals surface area contributed by atoms with Gasteiger partial charge in [0.15, 0.2) is 0 Å². The van der Waals surface area contributed by atoms with Crippen LogP contribution in [0.4, 0.5) is 0 Å². The van der Waals surface area contributed by atoms with E-state index in [2.05, 4.69) is 43.1 Å². The van der Waals surface area contributed by atoms with Gasteiger partial charge in [0.05, 0.1) is 7.11 Å². The second kappa shape index (κ2) is 6.95. The Morgan fingerprint density at radius 1 is 1.14 bits per heavy atom. The Bertz CT molecular complexity index is 625. The average molecular weight is 304 g/mol. The third-order valence-electron chi connectivity index (χ3n) is 4.00. The van der Waals surface area contributed by atoms with Crippen LogP contribution in [0.2, 0.25) is 0 Å². The lowest BCUT2D eigenvalue weighted by Crippen LogP contribution is -2.10. The molecule has 0 fully saturated rings. The Balaban J connectivity index is 2.34. The van der Waals surface area contributed by atoms with Gasteiger partial charge >= 0.3 is 0 Å². The second-order valence-electron chi connectivity index (χ2n) is 5.46. The summed E-state index contributed by atoms with van der Waals surface area (Å²) in [6, 6.07) is 8.41. The minimum absolute atomic E-state index is 0.270. The molecule has 0 N–H and O–H groups in total. The molecule has 1 aromatic heterocycles. The van der Waals surface area contributed by atoms with Crippen molar-refractivity contribution >= 4 is 11.6 Å². The van der Waals surface area contributed by atoms with Gasteiger partial charge in [0, 0.05) is 34.8 Å². The zero-order chi connectivity index (χ0) is 15.4. The number of halogens is 1. The molecule has 0 aliphatic heterocycles. The van der Waals surface area contributed by atoms with Crippen molar-refractivity contribution in [2.24, 2.45) is 0 Å². The summed E-state index contributed by atoms with van der Waals surface area (Å²) < 4.78 is 5.49. The summed E-state index contributed by atoms with van der Waals surface area (Å²) >= 11 is 6.22. The number of hydrogen-bond donors (Lipinski definition) is 0. The maximum Gasteiger partial charge on any atom is 0.128 e. The largest absolute Gasteiger partial charge is 0.496 e. The minimum Gasteiger partial charge on any atom is -0.496 e. The second-order valence-corrected chi connectivity index (χ2v) is 5.77. The van der Waals surface area contributed by atoms with Crippen molar-refractivity contribution in [3.8, 4) is 5.75 Å². The molecule has 2 rings (SSSR count). The van der Waals surface area contributed by atoms with Gasteiger partial charge in [-0.05, 0) is 38.3 Å². The van der Waals surface area contributed by atoms with Crippen molar-refractivity contribution in [1.29, 1.82) is 0 Å². The Morgan fingerprint density at radius 2 is 1.86 bits per heavy atom. The Labute approximate surface area is 132 Å². The lowest BCUT2D eigenvalue weighted by atomic mass is 9.91. The quantitative estimate of drug-likeness (QED) is 0.754. The van der Waals surface area contributed by atoms with Gasteiger partial charge in [-0.25, -0.2) is 0 Å². The summed E-state index contributed by atoms with van der Waals surface area (Å²) in [6.45, 7) is 6.21. The van der Waals surface area contributed by atoms with Crippen molar-refractivity contribution in [2.75, 3.05) is 13.0 Å². The van der Waals surface area contributed by atoms with Crippen LogP contribution in [0.3, 0.4) is 0 Å². The first-order chi connectivity index (χ1) is 10.1. The Kier molecular flexibility index (Phi) is 5.24. The predicted molar refractivity (Wildman–Crippen MR) is 88.6 cm³/mol. The third-order valence-corrected chi connectivity index (χ3v) is 4.38. The molecule has 0 amide bonds. The van der Waals surface area contributed by atoms with E-state index in [9.17, 15) is 0 Å². The number of benzene rings is 1. The summed E-state index contributed by atoms with van der Waals surface area (Å²) in [5.74, 6) is 1.78. The first-order valence-electron chi connectivity index (χ1n) is 7.19. The van der Waals surface area contributed by atoms with E-state index in [1.165, 1.54) is 11.1 Å². The van der Waals surface area contributed by atoms with Gasteiger partial charge in [-0.1, -0.05) is 24.3 Å². The maximum atomic E-state index is 6.22. The van der Waals surface area contributed by atoms with Gasteiger partial charge in [-0.15, -0.1) is 11.6 Å². The first-order valence-corrected chi connectivity index (χ1v) is 7.72. The fourth-order valence-corrected chi connectivity index (χ4v) is 3.08. The molecule has 1 heterocycles. The van der Waals surface area contributed by atoms with E-state index in [1.807, 2.05) is 13.1 Å². The standard InChI is InChI=1S/C18H22ClNO/c1-12-7-5-6-8-16(12)15(10-19)9-17-14(3)18(21-4)13(2)11-20-17/h5-8,11,15H,9-10H2,1-4H3. The van der Waals surface area contributed by atoms with Crippen molar-refractivity contribution in [1.82, 2.24) is 4.98 Å². The molecule has 0 aliphatic rings. The van der Waals surface area contributed by atoms with Gasteiger partial charge in [-0.3, -0.25) is 4.98 Å². The minimum atomic E-state index is 0.270. The van der Waals surface area contributed by atoms with Gasteiger partial charge in [0.1, 0.15) is 5.75 Å². The van der Waals surface area contributed by atoms with E-state index in [4.69, 9.17) is 16.3 Å². The number of methoxy groups -OCH3 is 1. The Morgan fingerprint density at radius 3 is 2.48 bits per heavy atom. The number of nitrogens with zero attached hydrogens (tertiary/aromatic N) is 1. The van der Waals surface area contributed by atoms with E-state index in [0.29, 0.717) is 5.88 Å². The molecule has 3 heteroatoms. The molecule has 0 aliphatic carbocycles. The number of aryl methyl sites for hydroxylation is 2. The van der Waals surface area contributed by atoms with Gasteiger partial charge in [0.25, 0.3) is 0 Å². The molecule has 0 radical (unpaired) electrons. The normalized spacial score (nSPS) is 12.2. The molecule has 2 nitrogen and oxygen atoms in total. The summed E-state index contributed by atoms with van der Waals surface area (Å²) in [4.78, 5) is 4.59. The molecule has 1 aromatic carbocycles. The topological polar surface area (TPSA) is 22.1 Å². The van der Waals surface area contributed by atoms with Crippen LogP contribution in [0.25, 0.3) is 0 Å². The summed E-state index contributed by atoms with van der Waals surface area (Å²) in [6.07, 6.45) is 2.71. The van der Waals surface area contributed by atoms with Crippen LogP contribution in [0.5, 0.6) is 5.75 Å². The van der Waals surface area contributed by atoms with Gasteiger partial charge < -0.3 is 4.74 Å². The predicted octanol–water partition coefficient (Wildman–Crippen LogP) is 4.58. The van der Waals surface area contributed by atoms with E-state index < -0.39 is 0 Å². The lowest BCUT2D eigenvalue weighted by Gasteiger charge is -2.19. The van der Waals surface area contributed by atoms with Crippen LogP contribution < -0.4 is 4.74 Å². The summed E-state index contributed by atoms with van der Waals surface area (Å²) in [7, 11) is 1.71. The average Bonchev–Trinajstić information content (AvgIpc) is 2.48. The molecular weight excluding hydrogens is 282 g/mol. The van der Waals surface area contributed by atoms with Crippen LogP contribution in [-0.2, 0) is 6.42 Å². The molecule has 1 unspecified atom stereocenters. The van der Waals surface area contributed by atoms with Crippen molar-refractivity contribution < 1.29 is 4.74 Å². The zero-order valence-electron chi connectivity index (χ0n) is 13.1. The van der Waals surface area contributed by atoms with Crippen LogP contribution in [-0.4, -0.2) is 18.0 Å². The molecule has 2 aromatic rings. The van der Waals surface area contributed by atoms with Crippen molar-refractivity contribution in [2.45, 2.75) is 33.1 Å². The molecule has 0 saturated heterocycles. The van der Waals surface area contributed by atoms with Crippen LogP contribution in [0.1, 0.15) is 33.9 Å². The summed E-state index contributed by atoms with van der Waals surface area (Å²) in [5.41, 5.74) is 5.82. The maximum absolute atomic E-state index is 6.22. The molecule has 21 heavy (non-hydrogen) atoms. The van der Waals surface area contributed by atoms with E-state index >= 15 is 0 Å².